The van der Waals surface area contributed by atoms with Crippen molar-refractivity contribution >= 4 is 31.9 Å². The molecule has 2 N–H and O–H groups in total. The molecule has 2 heterocycles. The van der Waals surface area contributed by atoms with E-state index in [1.165, 1.54) is 12.8 Å². The molecule has 1 saturated heterocycles. The van der Waals surface area contributed by atoms with Gasteiger partial charge in [-0.05, 0) is 71.4 Å². The van der Waals surface area contributed by atoms with Crippen LogP contribution in [0.2, 0.25) is 0 Å². The van der Waals surface area contributed by atoms with E-state index in [1.807, 2.05) is 6.07 Å². The highest BCUT2D eigenvalue weighted by atomic mass is 79.9. The zero-order chi connectivity index (χ0) is 14.0. The zero-order valence-electron chi connectivity index (χ0n) is 11.4. The highest BCUT2D eigenvalue weighted by Gasteiger charge is 2.29. The third kappa shape index (κ3) is 3.61. The first-order chi connectivity index (χ1) is 9.02. The van der Waals surface area contributed by atoms with Gasteiger partial charge in [0.05, 0.1) is 10.5 Å². The van der Waals surface area contributed by atoms with Gasteiger partial charge in [-0.15, -0.1) is 0 Å². The molecule has 1 aromatic heterocycles. The molecule has 2 unspecified atom stereocenters. The summed E-state index contributed by atoms with van der Waals surface area (Å²) in [7, 11) is 4.29. The number of nitrogens with two attached hydrogens (primary N) is 1. The van der Waals surface area contributed by atoms with Crippen LogP contribution in [0.4, 0.5) is 0 Å². The summed E-state index contributed by atoms with van der Waals surface area (Å²) in [5.74, 6) is 0.931. The monoisotopic (exact) mass is 393 g/mol. The first-order valence-electron chi connectivity index (χ1n) is 6.58. The normalized spacial score (nSPS) is 22.9. The lowest BCUT2D eigenvalue weighted by Gasteiger charge is -2.39. The van der Waals surface area contributed by atoms with Crippen molar-refractivity contribution < 1.29 is 4.42 Å². The molecule has 4 nitrogen and oxygen atoms in total. The lowest BCUT2D eigenvalue weighted by atomic mass is 10.0. The van der Waals surface area contributed by atoms with Gasteiger partial charge >= 0.3 is 0 Å². The Morgan fingerprint density at radius 1 is 1.53 bits per heavy atom. The summed E-state index contributed by atoms with van der Waals surface area (Å²) in [6.45, 7) is 2.71. The molecule has 2 rings (SSSR count). The van der Waals surface area contributed by atoms with Crippen LogP contribution in [0, 0.1) is 0 Å². The average molecular weight is 395 g/mol. The second kappa shape index (κ2) is 6.72. The van der Waals surface area contributed by atoms with E-state index in [1.54, 1.807) is 0 Å². The van der Waals surface area contributed by atoms with E-state index >= 15 is 0 Å². The van der Waals surface area contributed by atoms with Crippen molar-refractivity contribution in [3.63, 3.8) is 0 Å². The van der Waals surface area contributed by atoms with Crippen LogP contribution < -0.4 is 5.73 Å². The predicted molar refractivity (Wildman–Crippen MR) is 84.2 cm³/mol. The number of piperidine rings is 1. The van der Waals surface area contributed by atoms with E-state index < -0.39 is 0 Å². The predicted octanol–water partition coefficient (Wildman–Crippen LogP) is 2.83. The van der Waals surface area contributed by atoms with Gasteiger partial charge in [-0.1, -0.05) is 0 Å². The number of hydrogen-bond acceptors (Lipinski definition) is 4. The van der Waals surface area contributed by atoms with Crippen LogP contribution >= 0.6 is 31.9 Å². The molecule has 2 atom stereocenters. The van der Waals surface area contributed by atoms with Crippen molar-refractivity contribution in [2.45, 2.75) is 24.9 Å². The molecule has 0 bridgehead atoms. The summed E-state index contributed by atoms with van der Waals surface area (Å²) in [5, 5.41) is 0. The summed E-state index contributed by atoms with van der Waals surface area (Å²) in [6.07, 6.45) is 2.47. The second-order valence-corrected chi connectivity index (χ2v) is 6.85. The largest absolute Gasteiger partial charge is 0.451 e. The van der Waals surface area contributed by atoms with Crippen LogP contribution in [0.15, 0.2) is 19.6 Å². The first kappa shape index (κ1) is 15.5. The van der Waals surface area contributed by atoms with E-state index in [9.17, 15) is 0 Å². The maximum absolute atomic E-state index is 5.97. The van der Waals surface area contributed by atoms with Gasteiger partial charge in [0, 0.05) is 19.1 Å². The molecule has 0 saturated carbocycles. The fourth-order valence-corrected chi connectivity index (χ4v) is 3.27. The van der Waals surface area contributed by atoms with E-state index in [4.69, 9.17) is 10.2 Å². The molecule has 0 spiro atoms. The van der Waals surface area contributed by atoms with Gasteiger partial charge in [-0.25, -0.2) is 0 Å². The third-order valence-electron chi connectivity index (χ3n) is 3.81. The topological polar surface area (TPSA) is 45.6 Å². The summed E-state index contributed by atoms with van der Waals surface area (Å²) < 4.78 is 7.44. The number of rotatable bonds is 4. The minimum atomic E-state index is 0.158. The van der Waals surface area contributed by atoms with Crippen LogP contribution in [0.5, 0.6) is 0 Å². The Morgan fingerprint density at radius 2 is 2.26 bits per heavy atom. The number of halogens is 2. The third-order valence-corrected chi connectivity index (χ3v) is 5.53. The Bertz CT molecular complexity index is 403. The van der Waals surface area contributed by atoms with Crippen LogP contribution in [-0.2, 0) is 0 Å². The molecule has 0 radical (unpaired) electrons. The molecule has 108 valence electrons. The smallest absolute Gasteiger partial charge is 0.183 e. The van der Waals surface area contributed by atoms with Crippen molar-refractivity contribution in [2.24, 2.45) is 5.73 Å². The van der Waals surface area contributed by atoms with Crippen LogP contribution in [-0.4, -0.2) is 49.6 Å². The van der Waals surface area contributed by atoms with Gasteiger partial charge in [0.2, 0.25) is 0 Å². The fraction of sp³-hybridized carbons (Fsp3) is 0.692. The molecule has 0 aromatic carbocycles. The van der Waals surface area contributed by atoms with Gasteiger partial charge in [0.25, 0.3) is 0 Å². The average Bonchev–Trinajstić information content (AvgIpc) is 2.70. The highest BCUT2D eigenvalue weighted by molar-refractivity contribution is 9.13. The molecule has 1 fully saturated rings. The van der Waals surface area contributed by atoms with Crippen molar-refractivity contribution in [3.8, 4) is 0 Å². The summed E-state index contributed by atoms with van der Waals surface area (Å²) in [4.78, 5) is 4.74. The highest BCUT2D eigenvalue weighted by Crippen LogP contribution is 2.33. The second-order valence-electron chi connectivity index (χ2n) is 5.28. The minimum Gasteiger partial charge on any atom is -0.451 e. The van der Waals surface area contributed by atoms with Gasteiger partial charge in [0.15, 0.2) is 4.67 Å². The molecule has 1 aliphatic rings. The minimum absolute atomic E-state index is 0.158. The number of furan rings is 1. The standard InChI is InChI=1S/C13H21Br2N3O/c1-17(2)9-4-3-5-18(8-9)11(7-16)12-6-10(14)13(15)19-12/h6,9,11H,3-5,7-8,16H2,1-2H3. The SMILES string of the molecule is CN(C)C1CCCN(C(CN)c2cc(Br)c(Br)o2)C1. The summed E-state index contributed by atoms with van der Waals surface area (Å²) in [5.41, 5.74) is 5.97. The van der Waals surface area contributed by atoms with E-state index in [2.05, 4.69) is 55.8 Å². The maximum Gasteiger partial charge on any atom is 0.183 e. The van der Waals surface area contributed by atoms with Gasteiger partial charge in [0.1, 0.15) is 5.76 Å². The molecule has 6 heteroatoms. The molecular weight excluding hydrogens is 374 g/mol. The van der Waals surface area contributed by atoms with Gasteiger partial charge in [-0.2, -0.15) is 0 Å². The Labute approximate surface area is 131 Å². The van der Waals surface area contributed by atoms with E-state index in [-0.39, 0.29) is 6.04 Å². The molecule has 19 heavy (non-hydrogen) atoms. The lowest BCUT2D eigenvalue weighted by Crippen LogP contribution is -2.47. The van der Waals surface area contributed by atoms with Crippen molar-refractivity contribution in [1.29, 1.82) is 0 Å². The Morgan fingerprint density at radius 3 is 2.79 bits per heavy atom. The summed E-state index contributed by atoms with van der Waals surface area (Å²) in [6, 6.07) is 2.77. The number of likely N-dealkylation sites (tertiary alicyclic amines) is 1. The Hall–Kier alpha value is 0.120. The Balaban J connectivity index is 2.12. The first-order valence-corrected chi connectivity index (χ1v) is 8.16. The molecule has 0 amide bonds. The fourth-order valence-electron chi connectivity index (χ4n) is 2.66. The van der Waals surface area contributed by atoms with Crippen molar-refractivity contribution in [1.82, 2.24) is 9.80 Å². The van der Waals surface area contributed by atoms with Crippen LogP contribution in [0.3, 0.4) is 0 Å². The van der Waals surface area contributed by atoms with Crippen molar-refractivity contribution in [2.75, 3.05) is 33.7 Å². The van der Waals surface area contributed by atoms with E-state index in [0.29, 0.717) is 12.6 Å². The summed E-state index contributed by atoms with van der Waals surface area (Å²) >= 11 is 6.86. The maximum atomic E-state index is 5.97. The number of hydrogen-bond donors (Lipinski definition) is 1. The zero-order valence-corrected chi connectivity index (χ0v) is 14.6. The number of nitrogens with zero attached hydrogens (tertiary/aromatic N) is 2. The van der Waals surface area contributed by atoms with Gasteiger partial charge < -0.3 is 15.1 Å². The quantitative estimate of drug-likeness (QED) is 0.852. The Kier molecular flexibility index (Phi) is 5.48. The molecule has 0 aliphatic carbocycles. The van der Waals surface area contributed by atoms with Crippen LogP contribution in [0.1, 0.15) is 24.6 Å². The molecule has 1 aliphatic heterocycles. The van der Waals surface area contributed by atoms with Crippen molar-refractivity contribution in [3.05, 3.63) is 21.0 Å². The van der Waals surface area contributed by atoms with Gasteiger partial charge in [-0.3, -0.25) is 4.90 Å². The van der Waals surface area contributed by atoms with E-state index in [0.717, 1.165) is 28.0 Å². The molecule has 1 aromatic rings. The molecular formula is C13H21Br2N3O. The lowest BCUT2D eigenvalue weighted by molar-refractivity contribution is 0.0888. The van der Waals surface area contributed by atoms with Crippen LogP contribution in [0.25, 0.3) is 0 Å². The number of likely N-dealkylation sites (N-methyl/N-ethyl adjacent to an activating group) is 1.